The van der Waals surface area contributed by atoms with Crippen molar-refractivity contribution in [3.63, 3.8) is 0 Å². The highest BCUT2D eigenvalue weighted by molar-refractivity contribution is 5.83. The fraction of sp³-hybridized carbons (Fsp3) is 0.414. The number of rotatable bonds is 7. The summed E-state index contributed by atoms with van der Waals surface area (Å²) < 4.78 is 58.7. The number of likely N-dealkylation sites (tertiary alicyclic amines) is 1. The molecule has 2 heterocycles. The van der Waals surface area contributed by atoms with E-state index in [9.17, 15) is 18.3 Å². The van der Waals surface area contributed by atoms with Crippen LogP contribution < -0.4 is 4.74 Å². The molecule has 0 saturated carbocycles. The van der Waals surface area contributed by atoms with Gasteiger partial charge in [0.05, 0.1) is 24.7 Å². The first-order valence-corrected chi connectivity index (χ1v) is 12.3. The topological polar surface area (TPSA) is 45.6 Å². The molecule has 4 rings (SSSR count). The number of aliphatic hydroxyl groups excluding tert-OH is 1. The Balaban J connectivity index is 1.32. The number of ether oxygens (including phenoxy) is 1. The molecule has 1 aliphatic rings. The molecular weight excluding hydrogens is 484 g/mol. The normalized spacial score (nSPS) is 19.3. The molecule has 3 atom stereocenters. The zero-order valence-electron chi connectivity index (χ0n) is 20.6. The fourth-order valence-corrected chi connectivity index (χ4v) is 4.95. The second-order valence-corrected chi connectivity index (χ2v) is 9.43. The number of methoxy groups -OCH3 is 1. The van der Waals surface area contributed by atoms with Crippen LogP contribution in [-0.2, 0) is 6.18 Å². The first-order valence-electron chi connectivity index (χ1n) is 12.3. The minimum absolute atomic E-state index is 0.0137. The van der Waals surface area contributed by atoms with Gasteiger partial charge in [0.25, 0.3) is 0 Å². The summed E-state index contributed by atoms with van der Waals surface area (Å²) >= 11 is 0. The summed E-state index contributed by atoms with van der Waals surface area (Å²) in [6.07, 6.45) is -2.06. The maximum absolute atomic E-state index is 15.4. The molecule has 1 aromatic heterocycles. The molecule has 0 amide bonds. The Morgan fingerprint density at radius 3 is 2.62 bits per heavy atom. The maximum atomic E-state index is 15.4. The molecule has 8 heteroatoms. The van der Waals surface area contributed by atoms with E-state index in [0.717, 1.165) is 36.0 Å². The van der Waals surface area contributed by atoms with Crippen molar-refractivity contribution in [2.45, 2.75) is 31.6 Å². The molecule has 4 nitrogen and oxygen atoms in total. The van der Waals surface area contributed by atoms with Crippen molar-refractivity contribution < 1.29 is 27.4 Å². The van der Waals surface area contributed by atoms with Gasteiger partial charge in [-0.1, -0.05) is 11.8 Å². The third-order valence-corrected chi connectivity index (χ3v) is 7.07. The van der Waals surface area contributed by atoms with E-state index < -0.39 is 17.9 Å². The van der Waals surface area contributed by atoms with Crippen LogP contribution in [0.3, 0.4) is 0 Å². The predicted octanol–water partition coefficient (Wildman–Crippen LogP) is 6.04. The van der Waals surface area contributed by atoms with Gasteiger partial charge in [0, 0.05) is 30.3 Å². The standard InChI is InChI=1S/C29H30F4N2O2/c1-37-24-9-11-28-26(17-24)25(12-14-34-28)27(30)10-6-21-13-16-35(18-22(21)19-36)15-2-3-20-4-7-23(8-5-20)29(31,32)33/h4-5,7-9,11-12,14,17,21-22,27,36H,6,10,13,15-16,18-19H2,1H3/t21-,22-,27+/m1/s1. The molecule has 0 unspecified atom stereocenters. The lowest BCUT2D eigenvalue weighted by atomic mass is 9.81. The van der Waals surface area contributed by atoms with E-state index in [1.165, 1.54) is 12.1 Å². The number of alkyl halides is 4. The van der Waals surface area contributed by atoms with Crippen LogP contribution in [0.25, 0.3) is 10.9 Å². The van der Waals surface area contributed by atoms with Crippen LogP contribution in [0.15, 0.2) is 54.7 Å². The number of piperidine rings is 1. The van der Waals surface area contributed by atoms with Crippen molar-refractivity contribution in [2.75, 3.05) is 33.4 Å². The molecule has 1 saturated heterocycles. The van der Waals surface area contributed by atoms with Crippen molar-refractivity contribution in [2.24, 2.45) is 11.8 Å². The number of pyridine rings is 1. The molecule has 0 bridgehead atoms. The average Bonchev–Trinajstić information content (AvgIpc) is 2.91. The Labute approximate surface area is 214 Å². The number of aliphatic hydroxyl groups is 1. The SMILES string of the molecule is COc1ccc2nccc([C@@H](F)CC[C@@H]3CCN(CC#Cc4ccc(C(F)(F)F)cc4)C[C@@H]3CO)c2c1. The number of benzene rings is 2. The molecule has 2 aromatic carbocycles. The van der Waals surface area contributed by atoms with Gasteiger partial charge in [-0.15, -0.1) is 0 Å². The van der Waals surface area contributed by atoms with Crippen LogP contribution in [0.4, 0.5) is 17.6 Å². The largest absolute Gasteiger partial charge is 0.497 e. The number of aromatic nitrogens is 1. The number of halogens is 4. The minimum atomic E-state index is -4.36. The second kappa shape index (κ2) is 11.9. The number of hydrogen-bond donors (Lipinski definition) is 1. The molecule has 3 aromatic rings. The molecule has 1 fully saturated rings. The van der Waals surface area contributed by atoms with E-state index in [-0.39, 0.29) is 18.4 Å². The van der Waals surface area contributed by atoms with Crippen molar-refractivity contribution in [3.8, 4) is 17.6 Å². The Kier molecular flexibility index (Phi) is 8.67. The van der Waals surface area contributed by atoms with E-state index in [4.69, 9.17) is 4.74 Å². The zero-order chi connectivity index (χ0) is 26.4. The van der Waals surface area contributed by atoms with E-state index in [0.29, 0.717) is 42.8 Å². The Morgan fingerprint density at radius 1 is 1.14 bits per heavy atom. The Hall–Kier alpha value is -3.15. The number of hydrogen-bond acceptors (Lipinski definition) is 4. The van der Waals surface area contributed by atoms with E-state index in [1.54, 1.807) is 25.4 Å². The van der Waals surface area contributed by atoms with Crippen molar-refractivity contribution in [3.05, 3.63) is 71.4 Å². The Morgan fingerprint density at radius 2 is 1.92 bits per heavy atom. The van der Waals surface area contributed by atoms with Gasteiger partial charge < -0.3 is 9.84 Å². The maximum Gasteiger partial charge on any atom is 0.416 e. The first kappa shape index (κ1) is 26.9. The van der Waals surface area contributed by atoms with Crippen molar-refractivity contribution in [1.29, 1.82) is 0 Å². The lowest BCUT2D eigenvalue weighted by Crippen LogP contribution is -2.42. The molecule has 0 radical (unpaired) electrons. The van der Waals surface area contributed by atoms with Crippen LogP contribution in [0.1, 0.15) is 42.1 Å². The number of nitrogens with zero attached hydrogens (tertiary/aromatic N) is 2. The van der Waals surface area contributed by atoms with E-state index in [2.05, 4.69) is 21.7 Å². The zero-order valence-corrected chi connectivity index (χ0v) is 20.6. The quantitative estimate of drug-likeness (QED) is 0.309. The summed E-state index contributed by atoms with van der Waals surface area (Å²) in [5, 5.41) is 10.7. The van der Waals surface area contributed by atoms with Gasteiger partial charge in [-0.05, 0) is 91.7 Å². The third kappa shape index (κ3) is 6.79. The van der Waals surface area contributed by atoms with Gasteiger partial charge in [-0.3, -0.25) is 9.88 Å². The van der Waals surface area contributed by atoms with Crippen LogP contribution in [0.2, 0.25) is 0 Å². The van der Waals surface area contributed by atoms with Gasteiger partial charge in [0.15, 0.2) is 0 Å². The van der Waals surface area contributed by atoms with E-state index >= 15 is 4.39 Å². The molecule has 0 spiro atoms. The monoisotopic (exact) mass is 514 g/mol. The molecule has 37 heavy (non-hydrogen) atoms. The van der Waals surface area contributed by atoms with Crippen LogP contribution in [0.5, 0.6) is 5.75 Å². The summed E-state index contributed by atoms with van der Waals surface area (Å²) in [6.45, 7) is 1.89. The van der Waals surface area contributed by atoms with Gasteiger partial charge in [0.2, 0.25) is 0 Å². The van der Waals surface area contributed by atoms with Gasteiger partial charge in [0.1, 0.15) is 11.9 Å². The molecular formula is C29H30F4N2O2. The van der Waals surface area contributed by atoms with Crippen molar-refractivity contribution in [1.82, 2.24) is 9.88 Å². The highest BCUT2D eigenvalue weighted by Gasteiger charge is 2.30. The third-order valence-electron chi connectivity index (χ3n) is 7.07. The second-order valence-electron chi connectivity index (χ2n) is 9.43. The summed E-state index contributed by atoms with van der Waals surface area (Å²) in [6, 6.07) is 11.9. The van der Waals surface area contributed by atoms with Gasteiger partial charge in [-0.2, -0.15) is 13.2 Å². The highest BCUT2D eigenvalue weighted by atomic mass is 19.4. The van der Waals surface area contributed by atoms with Crippen LogP contribution in [-0.4, -0.2) is 48.3 Å². The molecule has 0 aliphatic carbocycles. The lowest BCUT2D eigenvalue weighted by Gasteiger charge is -2.37. The van der Waals surface area contributed by atoms with Gasteiger partial charge in [-0.25, -0.2) is 4.39 Å². The molecule has 1 aliphatic heterocycles. The molecule has 196 valence electrons. The van der Waals surface area contributed by atoms with Crippen molar-refractivity contribution >= 4 is 10.9 Å². The minimum Gasteiger partial charge on any atom is -0.497 e. The summed E-state index contributed by atoms with van der Waals surface area (Å²) in [5.41, 5.74) is 1.15. The smallest absolute Gasteiger partial charge is 0.416 e. The fourth-order valence-electron chi connectivity index (χ4n) is 4.95. The first-order chi connectivity index (χ1) is 17.8. The summed E-state index contributed by atoms with van der Waals surface area (Å²) in [4.78, 5) is 6.45. The lowest BCUT2D eigenvalue weighted by molar-refractivity contribution is -0.137. The molecule has 1 N–H and O–H groups in total. The van der Waals surface area contributed by atoms with Gasteiger partial charge >= 0.3 is 6.18 Å². The average molecular weight is 515 g/mol. The Bertz CT molecular complexity index is 1250. The van der Waals surface area contributed by atoms with Crippen LogP contribution >= 0.6 is 0 Å². The van der Waals surface area contributed by atoms with Crippen LogP contribution in [0, 0.1) is 23.7 Å². The summed E-state index contributed by atoms with van der Waals surface area (Å²) in [7, 11) is 1.58. The highest BCUT2D eigenvalue weighted by Crippen LogP contribution is 2.35. The number of fused-ring (bicyclic) bond motifs is 1. The van der Waals surface area contributed by atoms with E-state index in [1.807, 2.05) is 12.1 Å². The summed E-state index contributed by atoms with van der Waals surface area (Å²) in [5.74, 6) is 6.81. The predicted molar refractivity (Wildman–Crippen MR) is 135 cm³/mol.